The Balaban J connectivity index is 1.67. The van der Waals surface area contributed by atoms with E-state index in [0.29, 0.717) is 6.04 Å². The van der Waals surface area contributed by atoms with Crippen LogP contribution in [0.3, 0.4) is 0 Å². The van der Waals surface area contributed by atoms with Crippen molar-refractivity contribution in [2.75, 3.05) is 13.2 Å². The molecule has 0 aliphatic heterocycles. The van der Waals surface area contributed by atoms with Crippen molar-refractivity contribution in [1.29, 1.82) is 0 Å². The van der Waals surface area contributed by atoms with E-state index in [4.69, 9.17) is 9.63 Å². The van der Waals surface area contributed by atoms with E-state index in [1.807, 2.05) is 36.4 Å². The lowest BCUT2D eigenvalue weighted by Gasteiger charge is -2.36. The molecular formula is C17H22N2O2. The summed E-state index contributed by atoms with van der Waals surface area (Å²) in [6.45, 7) is 1.95. The largest absolute Gasteiger partial charge is 0.396 e. The molecule has 0 saturated heterocycles. The van der Waals surface area contributed by atoms with E-state index in [1.165, 1.54) is 19.3 Å². The Morgan fingerprint density at radius 1 is 1.24 bits per heavy atom. The van der Waals surface area contributed by atoms with E-state index in [-0.39, 0.29) is 6.61 Å². The van der Waals surface area contributed by atoms with Crippen LogP contribution in [-0.4, -0.2) is 34.4 Å². The van der Waals surface area contributed by atoms with E-state index in [2.05, 4.69) is 10.1 Å². The zero-order valence-corrected chi connectivity index (χ0v) is 12.2. The highest BCUT2D eigenvalue weighted by Crippen LogP contribution is 2.27. The zero-order chi connectivity index (χ0) is 14.5. The first-order valence-electron chi connectivity index (χ1n) is 7.73. The molecule has 21 heavy (non-hydrogen) atoms. The molecule has 1 heterocycles. The average molecular weight is 286 g/mol. The van der Waals surface area contributed by atoms with Crippen LogP contribution in [0.4, 0.5) is 0 Å². The van der Waals surface area contributed by atoms with Gasteiger partial charge in [-0.1, -0.05) is 41.9 Å². The average Bonchev–Trinajstić information content (AvgIpc) is 2.92. The summed E-state index contributed by atoms with van der Waals surface area (Å²) in [5.41, 5.74) is 1.97. The lowest BCUT2D eigenvalue weighted by Crippen LogP contribution is -2.40. The van der Waals surface area contributed by atoms with Gasteiger partial charge in [-0.25, -0.2) is 0 Å². The number of benzene rings is 1. The Morgan fingerprint density at radius 3 is 2.71 bits per heavy atom. The van der Waals surface area contributed by atoms with Crippen molar-refractivity contribution >= 4 is 0 Å². The van der Waals surface area contributed by atoms with Crippen molar-refractivity contribution in [2.45, 2.75) is 38.3 Å². The lowest BCUT2D eigenvalue weighted by molar-refractivity contribution is 0.0989. The van der Waals surface area contributed by atoms with Gasteiger partial charge in [0.2, 0.25) is 0 Å². The highest BCUT2D eigenvalue weighted by atomic mass is 16.5. The van der Waals surface area contributed by atoms with E-state index in [0.717, 1.165) is 36.5 Å². The third-order valence-electron chi connectivity index (χ3n) is 4.18. The summed E-state index contributed by atoms with van der Waals surface area (Å²) in [6, 6.07) is 12.8. The Bertz CT molecular complexity index is 549. The normalized spacial score (nSPS) is 15.3. The fourth-order valence-electron chi connectivity index (χ4n) is 2.75. The molecule has 3 rings (SSSR count). The minimum absolute atomic E-state index is 0.245. The highest BCUT2D eigenvalue weighted by Gasteiger charge is 2.25. The number of hydrogen-bond donors (Lipinski definition) is 1. The minimum atomic E-state index is 0.245. The number of rotatable bonds is 7. The van der Waals surface area contributed by atoms with Gasteiger partial charge in [-0.2, -0.15) is 0 Å². The molecule has 1 saturated carbocycles. The second-order valence-corrected chi connectivity index (χ2v) is 5.68. The van der Waals surface area contributed by atoms with Gasteiger partial charge in [-0.15, -0.1) is 0 Å². The Hall–Kier alpha value is -1.65. The molecule has 1 aliphatic rings. The molecule has 4 nitrogen and oxygen atoms in total. The number of nitrogens with zero attached hydrogens (tertiary/aromatic N) is 2. The van der Waals surface area contributed by atoms with Crippen LogP contribution in [0.2, 0.25) is 0 Å². The lowest BCUT2D eigenvalue weighted by atomic mass is 9.91. The van der Waals surface area contributed by atoms with Gasteiger partial charge in [-0.05, 0) is 19.3 Å². The molecule has 1 aliphatic carbocycles. The molecule has 1 aromatic heterocycles. The van der Waals surface area contributed by atoms with Crippen LogP contribution in [0.1, 0.15) is 31.4 Å². The van der Waals surface area contributed by atoms with Crippen LogP contribution in [0, 0.1) is 0 Å². The summed E-state index contributed by atoms with van der Waals surface area (Å²) < 4.78 is 5.49. The van der Waals surface area contributed by atoms with E-state index in [9.17, 15) is 0 Å². The van der Waals surface area contributed by atoms with Gasteiger partial charge in [0.15, 0.2) is 5.76 Å². The molecule has 0 bridgehead atoms. The van der Waals surface area contributed by atoms with Gasteiger partial charge in [0.05, 0.1) is 6.54 Å². The fourth-order valence-corrected chi connectivity index (χ4v) is 2.75. The van der Waals surface area contributed by atoms with Crippen molar-refractivity contribution in [3.63, 3.8) is 0 Å². The Kier molecular flexibility index (Phi) is 4.68. The minimum Gasteiger partial charge on any atom is -0.396 e. The molecule has 2 aromatic rings. The smallest absolute Gasteiger partial charge is 0.151 e. The van der Waals surface area contributed by atoms with Gasteiger partial charge in [0.1, 0.15) is 5.69 Å². The number of aromatic nitrogens is 1. The first-order valence-corrected chi connectivity index (χ1v) is 7.73. The summed E-state index contributed by atoms with van der Waals surface area (Å²) in [6.07, 6.45) is 4.64. The molecule has 0 radical (unpaired) electrons. The van der Waals surface area contributed by atoms with Crippen LogP contribution in [0.25, 0.3) is 11.3 Å². The van der Waals surface area contributed by atoms with Crippen molar-refractivity contribution < 1.29 is 9.63 Å². The molecule has 0 atom stereocenters. The third kappa shape index (κ3) is 3.52. The van der Waals surface area contributed by atoms with Crippen LogP contribution < -0.4 is 0 Å². The van der Waals surface area contributed by atoms with Crippen molar-refractivity contribution in [3.05, 3.63) is 42.2 Å². The zero-order valence-electron chi connectivity index (χ0n) is 12.2. The predicted molar refractivity (Wildman–Crippen MR) is 81.7 cm³/mol. The Morgan fingerprint density at radius 2 is 2.05 bits per heavy atom. The third-order valence-corrected chi connectivity index (χ3v) is 4.18. The van der Waals surface area contributed by atoms with Gasteiger partial charge >= 0.3 is 0 Å². The standard InChI is InChI=1S/C17H22N2O2/c20-11-5-10-19(15-8-4-9-15)13-16-12-17(18-21-16)14-6-2-1-3-7-14/h1-3,6-7,12,15,20H,4-5,8-11,13H2. The van der Waals surface area contributed by atoms with Crippen molar-refractivity contribution in [3.8, 4) is 11.3 Å². The summed E-state index contributed by atoms with van der Waals surface area (Å²) >= 11 is 0. The van der Waals surface area contributed by atoms with Crippen LogP contribution in [0.5, 0.6) is 0 Å². The van der Waals surface area contributed by atoms with Crippen LogP contribution in [-0.2, 0) is 6.54 Å². The first-order chi connectivity index (χ1) is 10.4. The monoisotopic (exact) mass is 286 g/mol. The molecule has 112 valence electrons. The topological polar surface area (TPSA) is 49.5 Å². The van der Waals surface area contributed by atoms with E-state index in [1.54, 1.807) is 0 Å². The van der Waals surface area contributed by atoms with Gasteiger partial charge in [0.25, 0.3) is 0 Å². The van der Waals surface area contributed by atoms with Gasteiger partial charge in [0, 0.05) is 30.8 Å². The summed E-state index contributed by atoms with van der Waals surface area (Å²) in [5.74, 6) is 0.902. The molecule has 1 fully saturated rings. The van der Waals surface area contributed by atoms with Crippen LogP contribution >= 0.6 is 0 Å². The quantitative estimate of drug-likeness (QED) is 0.850. The van der Waals surface area contributed by atoms with E-state index >= 15 is 0 Å². The highest BCUT2D eigenvalue weighted by molar-refractivity contribution is 5.58. The maximum atomic E-state index is 9.04. The molecule has 0 amide bonds. The summed E-state index contributed by atoms with van der Waals surface area (Å²) in [7, 11) is 0. The van der Waals surface area contributed by atoms with Crippen molar-refractivity contribution in [1.82, 2.24) is 10.1 Å². The van der Waals surface area contributed by atoms with Crippen molar-refractivity contribution in [2.24, 2.45) is 0 Å². The maximum absolute atomic E-state index is 9.04. The fraction of sp³-hybridized carbons (Fsp3) is 0.471. The summed E-state index contributed by atoms with van der Waals surface area (Å²) in [5, 5.41) is 13.2. The first kappa shape index (κ1) is 14.3. The van der Waals surface area contributed by atoms with E-state index < -0.39 is 0 Å². The van der Waals surface area contributed by atoms with Gasteiger partial charge < -0.3 is 9.63 Å². The number of hydrogen-bond acceptors (Lipinski definition) is 4. The SMILES string of the molecule is OCCCN(Cc1cc(-c2ccccc2)no1)C1CCC1. The number of aliphatic hydroxyl groups is 1. The van der Waals surface area contributed by atoms with Gasteiger partial charge in [-0.3, -0.25) is 4.90 Å². The number of aliphatic hydroxyl groups excluding tert-OH is 1. The predicted octanol–water partition coefficient (Wildman–Crippen LogP) is 3.08. The molecule has 1 aromatic carbocycles. The second-order valence-electron chi connectivity index (χ2n) is 5.68. The van der Waals surface area contributed by atoms with Crippen LogP contribution in [0.15, 0.2) is 40.9 Å². The molecule has 0 unspecified atom stereocenters. The Labute approximate surface area is 125 Å². The molecule has 0 spiro atoms. The summed E-state index contributed by atoms with van der Waals surface area (Å²) in [4.78, 5) is 2.41. The second kappa shape index (κ2) is 6.87. The molecular weight excluding hydrogens is 264 g/mol. The molecule has 1 N–H and O–H groups in total. The molecule has 4 heteroatoms. The maximum Gasteiger partial charge on any atom is 0.151 e.